The molecule has 1 aromatic rings. The number of hydrogen-bond donors (Lipinski definition) is 3. The van der Waals surface area contributed by atoms with Crippen LogP contribution < -0.4 is 0 Å². The summed E-state index contributed by atoms with van der Waals surface area (Å²) in [7, 11) is 0. The Morgan fingerprint density at radius 2 is 2.06 bits per heavy atom. The Hall–Kier alpha value is -1.47. The van der Waals surface area contributed by atoms with Crippen LogP contribution in [0.25, 0.3) is 0 Å². The van der Waals surface area contributed by atoms with Crippen molar-refractivity contribution in [3.05, 3.63) is 11.4 Å². The Morgan fingerprint density at radius 3 is 2.47 bits per heavy atom. The molecule has 0 saturated carbocycles. The smallest absolute Gasteiger partial charge is 0.358 e. The molecule has 0 saturated heterocycles. The number of aromatic carboxylic acids is 1. The average molecular weight is 243 g/mol. The van der Waals surface area contributed by atoms with Crippen molar-refractivity contribution in [3.63, 3.8) is 0 Å². The van der Waals surface area contributed by atoms with Crippen molar-refractivity contribution in [2.75, 3.05) is 6.61 Å². The second-order valence-corrected chi connectivity index (χ2v) is 4.86. The third kappa shape index (κ3) is 3.01. The van der Waals surface area contributed by atoms with E-state index in [1.54, 1.807) is 0 Å². The monoisotopic (exact) mass is 243 g/mol. The van der Waals surface area contributed by atoms with Gasteiger partial charge in [-0.15, -0.1) is 5.10 Å². The maximum atomic E-state index is 11.0. The quantitative estimate of drug-likeness (QED) is 0.665. The largest absolute Gasteiger partial charge is 0.476 e. The molecule has 0 aliphatic rings. The lowest BCUT2D eigenvalue weighted by molar-refractivity contribution is 0.0684. The molecular weight excluding hydrogens is 226 g/mol. The van der Waals surface area contributed by atoms with Gasteiger partial charge in [-0.25, -0.2) is 9.48 Å². The minimum absolute atomic E-state index is 0.0172. The van der Waals surface area contributed by atoms with Crippen molar-refractivity contribution in [3.8, 4) is 0 Å². The molecule has 17 heavy (non-hydrogen) atoms. The number of carboxylic acids is 1. The fraction of sp³-hybridized carbons (Fsp3) is 0.700. The maximum Gasteiger partial charge on any atom is 0.358 e. The SMILES string of the molecule is CC(C)(C)c1c(C(=O)O)nnn1CC(O)CO. The van der Waals surface area contributed by atoms with Gasteiger partial charge in [0.2, 0.25) is 0 Å². The van der Waals surface area contributed by atoms with Gasteiger partial charge in [-0.2, -0.15) is 0 Å². The van der Waals surface area contributed by atoms with Crippen LogP contribution in [0, 0.1) is 0 Å². The van der Waals surface area contributed by atoms with Gasteiger partial charge in [-0.3, -0.25) is 0 Å². The summed E-state index contributed by atoms with van der Waals surface area (Å²) in [4.78, 5) is 11.0. The van der Waals surface area contributed by atoms with Gasteiger partial charge >= 0.3 is 5.97 Å². The minimum atomic E-state index is -1.15. The highest BCUT2D eigenvalue weighted by Crippen LogP contribution is 2.24. The summed E-state index contributed by atoms with van der Waals surface area (Å²) in [5, 5.41) is 34.4. The van der Waals surface area contributed by atoms with E-state index in [4.69, 9.17) is 10.2 Å². The summed E-state index contributed by atoms with van der Waals surface area (Å²) in [6.07, 6.45) is -0.987. The number of aliphatic hydroxyl groups is 2. The second-order valence-electron chi connectivity index (χ2n) is 4.86. The molecule has 0 radical (unpaired) electrons. The first-order valence-corrected chi connectivity index (χ1v) is 5.23. The standard InChI is InChI=1S/C10H17N3O4/c1-10(2,3)8-7(9(16)17)11-12-13(8)4-6(15)5-14/h6,14-15H,4-5H2,1-3H3,(H,16,17). The Balaban J connectivity index is 3.19. The molecule has 0 aliphatic carbocycles. The van der Waals surface area contributed by atoms with E-state index < -0.39 is 24.1 Å². The predicted octanol–water partition coefficient (Wildman–Crippen LogP) is -0.373. The first-order valence-electron chi connectivity index (χ1n) is 5.23. The number of aromatic nitrogens is 3. The van der Waals surface area contributed by atoms with E-state index in [-0.39, 0.29) is 12.2 Å². The van der Waals surface area contributed by atoms with Gasteiger partial charge in [0.1, 0.15) is 0 Å². The minimum Gasteiger partial charge on any atom is -0.476 e. The number of nitrogens with zero attached hydrogens (tertiary/aromatic N) is 3. The van der Waals surface area contributed by atoms with Crippen LogP contribution in [0.5, 0.6) is 0 Å². The van der Waals surface area contributed by atoms with Crippen LogP contribution in [-0.4, -0.2) is 49.0 Å². The van der Waals surface area contributed by atoms with Crippen LogP contribution in [0.2, 0.25) is 0 Å². The molecule has 7 nitrogen and oxygen atoms in total. The Morgan fingerprint density at radius 1 is 1.47 bits per heavy atom. The van der Waals surface area contributed by atoms with Gasteiger partial charge < -0.3 is 15.3 Å². The van der Waals surface area contributed by atoms with E-state index >= 15 is 0 Å². The van der Waals surface area contributed by atoms with E-state index in [1.807, 2.05) is 20.8 Å². The summed E-state index contributed by atoms with van der Waals surface area (Å²) < 4.78 is 1.32. The molecule has 1 rings (SSSR count). The fourth-order valence-corrected chi connectivity index (χ4v) is 1.58. The van der Waals surface area contributed by atoms with Crippen LogP contribution in [0.15, 0.2) is 0 Å². The molecule has 7 heteroatoms. The zero-order chi connectivity index (χ0) is 13.2. The first-order chi connectivity index (χ1) is 7.77. The van der Waals surface area contributed by atoms with Crippen LogP contribution in [0.3, 0.4) is 0 Å². The third-order valence-corrected chi connectivity index (χ3v) is 2.24. The topological polar surface area (TPSA) is 108 Å². The van der Waals surface area contributed by atoms with Gasteiger partial charge in [0.25, 0.3) is 0 Å². The number of hydrogen-bond acceptors (Lipinski definition) is 5. The average Bonchev–Trinajstić information content (AvgIpc) is 2.60. The molecule has 1 unspecified atom stereocenters. The molecule has 0 bridgehead atoms. The number of carboxylic acid groups (broad SMARTS) is 1. The van der Waals surface area contributed by atoms with Gasteiger partial charge in [0, 0.05) is 5.41 Å². The summed E-state index contributed by atoms with van der Waals surface area (Å²) in [5.41, 5.74) is -0.160. The van der Waals surface area contributed by atoms with E-state index in [0.29, 0.717) is 5.69 Å². The molecule has 1 heterocycles. The van der Waals surface area contributed by atoms with Crippen molar-refractivity contribution in [2.45, 2.75) is 38.8 Å². The Labute approximate surface area is 98.7 Å². The summed E-state index contributed by atoms with van der Waals surface area (Å²) >= 11 is 0. The van der Waals surface area contributed by atoms with E-state index in [9.17, 15) is 9.90 Å². The highest BCUT2D eigenvalue weighted by atomic mass is 16.4. The second kappa shape index (κ2) is 4.80. The van der Waals surface area contributed by atoms with Crippen molar-refractivity contribution >= 4 is 5.97 Å². The lowest BCUT2D eigenvalue weighted by Crippen LogP contribution is -2.27. The van der Waals surface area contributed by atoms with E-state index in [2.05, 4.69) is 10.3 Å². The van der Waals surface area contributed by atoms with Gasteiger partial charge in [-0.05, 0) is 0 Å². The van der Waals surface area contributed by atoms with Crippen molar-refractivity contribution in [2.24, 2.45) is 0 Å². The highest BCUT2D eigenvalue weighted by Gasteiger charge is 2.29. The molecular formula is C10H17N3O4. The molecule has 0 amide bonds. The number of aliphatic hydroxyl groups excluding tert-OH is 2. The highest BCUT2D eigenvalue weighted by molar-refractivity contribution is 5.86. The third-order valence-electron chi connectivity index (χ3n) is 2.24. The summed E-state index contributed by atoms with van der Waals surface area (Å²) in [5.74, 6) is -1.15. The molecule has 1 atom stereocenters. The summed E-state index contributed by atoms with van der Waals surface area (Å²) in [6.45, 7) is 5.11. The lowest BCUT2D eigenvalue weighted by Gasteiger charge is -2.21. The lowest BCUT2D eigenvalue weighted by atomic mass is 9.90. The van der Waals surface area contributed by atoms with Crippen LogP contribution in [0.4, 0.5) is 0 Å². The molecule has 0 aromatic carbocycles. The molecule has 1 aromatic heterocycles. The number of carbonyl (C=O) groups is 1. The maximum absolute atomic E-state index is 11.0. The Kier molecular flexibility index (Phi) is 3.84. The van der Waals surface area contributed by atoms with Crippen molar-refractivity contribution in [1.82, 2.24) is 15.0 Å². The fourth-order valence-electron chi connectivity index (χ4n) is 1.58. The van der Waals surface area contributed by atoms with Gasteiger partial charge in [0.05, 0.1) is 24.9 Å². The molecule has 0 fully saturated rings. The van der Waals surface area contributed by atoms with Gasteiger partial charge in [0.15, 0.2) is 5.69 Å². The van der Waals surface area contributed by atoms with Crippen LogP contribution >= 0.6 is 0 Å². The first kappa shape index (κ1) is 13.6. The predicted molar refractivity (Wildman–Crippen MR) is 58.8 cm³/mol. The molecule has 0 spiro atoms. The van der Waals surface area contributed by atoms with E-state index in [1.165, 1.54) is 4.68 Å². The molecule has 0 aliphatic heterocycles. The molecule has 3 N–H and O–H groups in total. The van der Waals surface area contributed by atoms with E-state index in [0.717, 1.165) is 0 Å². The molecule has 96 valence electrons. The normalized spacial score (nSPS) is 13.7. The van der Waals surface area contributed by atoms with Gasteiger partial charge in [-0.1, -0.05) is 26.0 Å². The van der Waals surface area contributed by atoms with Crippen LogP contribution in [-0.2, 0) is 12.0 Å². The Bertz CT molecular complexity index is 408. The zero-order valence-corrected chi connectivity index (χ0v) is 10.1. The zero-order valence-electron chi connectivity index (χ0n) is 10.1. The van der Waals surface area contributed by atoms with Crippen molar-refractivity contribution in [1.29, 1.82) is 0 Å². The number of rotatable bonds is 4. The van der Waals surface area contributed by atoms with Crippen LogP contribution in [0.1, 0.15) is 37.0 Å². The summed E-state index contributed by atoms with van der Waals surface area (Å²) in [6, 6.07) is 0. The van der Waals surface area contributed by atoms with Crippen molar-refractivity contribution < 1.29 is 20.1 Å².